The van der Waals surface area contributed by atoms with Gasteiger partial charge in [-0.3, -0.25) is 8.98 Å². The molecule has 1 unspecified atom stereocenters. The molecule has 0 bridgehead atoms. The lowest BCUT2D eigenvalue weighted by molar-refractivity contribution is -0.156. The first-order valence-electron chi connectivity index (χ1n) is 11.9. The minimum absolute atomic E-state index is 0.00275. The first-order valence-corrected chi connectivity index (χ1v) is 13.7. The van der Waals surface area contributed by atoms with Gasteiger partial charge in [0.15, 0.2) is 0 Å². The fourth-order valence-corrected chi connectivity index (χ4v) is 5.35. The van der Waals surface area contributed by atoms with E-state index in [0.29, 0.717) is 38.4 Å². The van der Waals surface area contributed by atoms with Crippen molar-refractivity contribution in [2.45, 2.75) is 62.6 Å². The average Bonchev–Trinajstić information content (AvgIpc) is 3.57. The minimum atomic E-state index is -4.59. The van der Waals surface area contributed by atoms with Gasteiger partial charge in [0.2, 0.25) is 5.91 Å². The normalized spacial score (nSPS) is 21.4. The monoisotopic (exact) mass is 528 g/mol. The Morgan fingerprint density at radius 1 is 1.14 bits per heavy atom. The molecule has 196 valence electrons. The molecule has 5 rings (SSSR count). The Labute approximate surface area is 206 Å². The molecule has 1 amide bonds. The highest BCUT2D eigenvalue weighted by Gasteiger charge is 2.48. The Bertz CT molecular complexity index is 1250. The van der Waals surface area contributed by atoms with Crippen molar-refractivity contribution in [3.63, 3.8) is 0 Å². The molecule has 4 heterocycles. The van der Waals surface area contributed by atoms with Crippen molar-refractivity contribution in [3.05, 3.63) is 29.6 Å². The summed E-state index contributed by atoms with van der Waals surface area (Å²) in [7, 11) is -3.55. The summed E-state index contributed by atoms with van der Waals surface area (Å²) >= 11 is 0. The number of amides is 1. The van der Waals surface area contributed by atoms with Crippen molar-refractivity contribution >= 4 is 27.7 Å². The molecule has 2 aromatic heterocycles. The van der Waals surface area contributed by atoms with Crippen LogP contribution in [0.5, 0.6) is 0 Å². The Morgan fingerprint density at radius 3 is 2.50 bits per heavy atom. The van der Waals surface area contributed by atoms with E-state index >= 15 is 0 Å². The van der Waals surface area contributed by atoms with Crippen molar-refractivity contribution in [1.82, 2.24) is 19.5 Å². The maximum Gasteiger partial charge on any atom is 0.396 e. The highest BCUT2D eigenvalue weighted by Crippen LogP contribution is 2.47. The van der Waals surface area contributed by atoms with Gasteiger partial charge in [0.05, 0.1) is 30.0 Å². The maximum atomic E-state index is 13.8. The smallest absolute Gasteiger partial charge is 0.356 e. The van der Waals surface area contributed by atoms with Crippen LogP contribution in [0.4, 0.5) is 24.8 Å². The van der Waals surface area contributed by atoms with Crippen molar-refractivity contribution in [1.29, 1.82) is 0 Å². The molecule has 2 aromatic rings. The third kappa shape index (κ3) is 5.33. The van der Waals surface area contributed by atoms with Gasteiger partial charge in [-0.25, -0.2) is 15.0 Å². The number of piperidine rings is 1. The second-order valence-electron chi connectivity index (χ2n) is 9.59. The van der Waals surface area contributed by atoms with E-state index in [1.807, 2.05) is 15.7 Å². The van der Waals surface area contributed by atoms with Gasteiger partial charge in [0.25, 0.3) is 10.1 Å². The topological polar surface area (TPSA) is 119 Å². The summed E-state index contributed by atoms with van der Waals surface area (Å²) in [5.41, 5.74) is 0.902. The van der Waals surface area contributed by atoms with Crippen molar-refractivity contribution < 1.29 is 30.6 Å². The number of hydrogen-bond donors (Lipinski definition) is 1. The second kappa shape index (κ2) is 9.29. The average molecular weight is 529 g/mol. The van der Waals surface area contributed by atoms with Crippen molar-refractivity contribution in [3.8, 4) is 0 Å². The van der Waals surface area contributed by atoms with Gasteiger partial charge < -0.3 is 14.8 Å². The Morgan fingerprint density at radius 2 is 1.86 bits per heavy atom. The Balaban J connectivity index is 1.34. The van der Waals surface area contributed by atoms with Crippen LogP contribution in [0.25, 0.3) is 0 Å². The molecule has 2 aliphatic heterocycles. The standard InChI is InChI=1S/C22H27F3N6O4S/c1-36(33,34)35-9-8-31-11-16(13-2-3-13)28-20(31)14-4-6-30(7-5-14)21-18-15(22(23,24)25)10-17(32)29-19(18)26-12-27-21/h11-15H,2-10H2,1H3,(H,26,27,29,32). The highest BCUT2D eigenvalue weighted by molar-refractivity contribution is 7.85. The predicted octanol–water partition coefficient (Wildman–Crippen LogP) is 2.90. The number of halogens is 3. The van der Waals surface area contributed by atoms with Crippen LogP contribution in [-0.2, 0) is 25.6 Å². The van der Waals surface area contributed by atoms with E-state index in [1.54, 1.807) is 0 Å². The number of hydrogen-bond acceptors (Lipinski definition) is 8. The predicted molar refractivity (Wildman–Crippen MR) is 123 cm³/mol. The fourth-order valence-electron chi connectivity index (χ4n) is 4.98. The van der Waals surface area contributed by atoms with Crippen molar-refractivity contribution in [2.75, 3.05) is 36.2 Å². The highest BCUT2D eigenvalue weighted by atomic mass is 32.2. The first-order chi connectivity index (χ1) is 17.0. The number of aromatic nitrogens is 4. The lowest BCUT2D eigenvalue weighted by Gasteiger charge is -2.36. The zero-order valence-corrected chi connectivity index (χ0v) is 20.5. The third-order valence-electron chi connectivity index (χ3n) is 6.86. The number of nitrogens with zero attached hydrogens (tertiary/aromatic N) is 5. The number of carbonyl (C=O) groups is 1. The lowest BCUT2D eigenvalue weighted by atomic mass is 9.90. The summed E-state index contributed by atoms with van der Waals surface area (Å²) in [6.45, 7) is 1.26. The first kappa shape index (κ1) is 24.9. The van der Waals surface area contributed by atoms with Gasteiger partial charge in [0.1, 0.15) is 23.8 Å². The fraction of sp³-hybridized carbons (Fsp3) is 0.636. The summed E-state index contributed by atoms with van der Waals surface area (Å²) < 4.78 is 71.0. The van der Waals surface area contributed by atoms with Crippen molar-refractivity contribution in [2.24, 2.45) is 0 Å². The lowest BCUT2D eigenvalue weighted by Crippen LogP contribution is -2.38. The molecule has 0 spiro atoms. The van der Waals surface area contributed by atoms with E-state index in [-0.39, 0.29) is 29.7 Å². The van der Waals surface area contributed by atoms with E-state index in [2.05, 4.69) is 15.3 Å². The summed E-state index contributed by atoms with van der Waals surface area (Å²) in [6, 6.07) is 0. The second-order valence-corrected chi connectivity index (χ2v) is 11.2. The molecular formula is C22H27F3N6O4S. The molecule has 10 nitrogen and oxygen atoms in total. The van der Waals surface area contributed by atoms with E-state index in [1.165, 1.54) is 6.33 Å². The maximum absolute atomic E-state index is 13.8. The quantitative estimate of drug-likeness (QED) is 0.545. The number of fused-ring (bicyclic) bond motifs is 1. The SMILES string of the molecule is CS(=O)(=O)OCCn1cc(C2CC2)nc1C1CCN(c2ncnc3c2C(C(F)(F)F)CC(=O)N3)CC1. The molecule has 0 radical (unpaired) electrons. The number of rotatable bonds is 7. The van der Waals surface area contributed by atoms with Gasteiger partial charge in [-0.1, -0.05) is 0 Å². The summed E-state index contributed by atoms with van der Waals surface area (Å²) in [5, 5.41) is 2.45. The molecular weight excluding hydrogens is 501 g/mol. The van der Waals surface area contributed by atoms with Gasteiger partial charge >= 0.3 is 6.18 Å². The minimum Gasteiger partial charge on any atom is -0.356 e. The Kier molecular flexibility index (Phi) is 6.43. The Hall–Kier alpha value is -2.74. The molecule has 0 aromatic carbocycles. The molecule has 14 heteroatoms. The number of alkyl halides is 3. The number of nitrogens with one attached hydrogen (secondary N) is 1. The molecule has 1 saturated heterocycles. The van der Waals surface area contributed by atoms with Crippen LogP contribution in [0.2, 0.25) is 0 Å². The molecule has 1 aliphatic carbocycles. The summed E-state index contributed by atoms with van der Waals surface area (Å²) in [6.07, 6.45) is 2.28. The van der Waals surface area contributed by atoms with E-state index < -0.39 is 34.5 Å². The van der Waals surface area contributed by atoms with Gasteiger partial charge in [-0.15, -0.1) is 0 Å². The largest absolute Gasteiger partial charge is 0.396 e. The van der Waals surface area contributed by atoms with E-state index in [0.717, 1.165) is 30.6 Å². The van der Waals surface area contributed by atoms with Gasteiger partial charge in [-0.05, 0) is 25.7 Å². The molecule has 1 saturated carbocycles. The summed E-state index contributed by atoms with van der Waals surface area (Å²) in [5.74, 6) is -1.23. The third-order valence-corrected chi connectivity index (χ3v) is 7.46. The molecule has 36 heavy (non-hydrogen) atoms. The molecule has 1 N–H and O–H groups in total. The zero-order valence-electron chi connectivity index (χ0n) is 19.7. The number of imidazole rings is 1. The van der Waals surface area contributed by atoms with Crippen LogP contribution >= 0.6 is 0 Å². The molecule has 3 aliphatic rings. The van der Waals surface area contributed by atoms with Gasteiger partial charge in [-0.2, -0.15) is 21.6 Å². The van der Waals surface area contributed by atoms with E-state index in [9.17, 15) is 26.4 Å². The number of carbonyl (C=O) groups excluding carboxylic acids is 1. The van der Waals surface area contributed by atoms with E-state index in [4.69, 9.17) is 9.17 Å². The van der Waals surface area contributed by atoms with Crippen LogP contribution in [0, 0.1) is 0 Å². The van der Waals surface area contributed by atoms with Crippen LogP contribution in [0.1, 0.15) is 66.9 Å². The summed E-state index contributed by atoms with van der Waals surface area (Å²) in [4.78, 5) is 26.6. The zero-order chi connectivity index (χ0) is 25.7. The molecule has 1 atom stereocenters. The van der Waals surface area contributed by atoms with Gasteiger partial charge in [0, 0.05) is 44.1 Å². The van der Waals surface area contributed by atoms with Crippen LogP contribution in [0.3, 0.4) is 0 Å². The molecule has 2 fully saturated rings. The van der Waals surface area contributed by atoms with Crippen LogP contribution in [0.15, 0.2) is 12.5 Å². The van der Waals surface area contributed by atoms with Crippen LogP contribution in [-0.4, -0.2) is 66.0 Å². The van der Waals surface area contributed by atoms with Crippen LogP contribution < -0.4 is 10.2 Å². The number of anilines is 2.